The van der Waals surface area contributed by atoms with Gasteiger partial charge in [-0.25, -0.2) is 9.97 Å². The van der Waals surface area contributed by atoms with E-state index in [1.807, 2.05) is 49.8 Å². The highest BCUT2D eigenvalue weighted by atomic mass is 16.5. The van der Waals surface area contributed by atoms with Crippen molar-refractivity contribution in [3.05, 3.63) is 150 Å². The number of H-pyrrole nitrogens is 2. The van der Waals surface area contributed by atoms with Crippen molar-refractivity contribution < 1.29 is 9.53 Å². The second-order valence-electron chi connectivity index (χ2n) is 13.9. The van der Waals surface area contributed by atoms with Gasteiger partial charge < -0.3 is 31.1 Å². The number of anilines is 2. The minimum atomic E-state index is -0.210. The highest BCUT2D eigenvalue weighted by molar-refractivity contribution is 6.08. The molecule has 1 aliphatic heterocycles. The first kappa shape index (κ1) is 36.4. The summed E-state index contributed by atoms with van der Waals surface area (Å²) in [6.45, 7) is 5.96. The van der Waals surface area contributed by atoms with Crippen LogP contribution in [0.2, 0.25) is 0 Å². The van der Waals surface area contributed by atoms with Crippen molar-refractivity contribution in [1.29, 1.82) is 0 Å². The highest BCUT2D eigenvalue weighted by Gasteiger charge is 2.15. The molecule has 6 N–H and O–H groups in total. The number of hydrogen-bond acceptors (Lipinski definition) is 8. The fourth-order valence-corrected chi connectivity index (χ4v) is 6.82. The van der Waals surface area contributed by atoms with E-state index in [9.17, 15) is 4.79 Å². The normalized spacial score (nSPS) is 13.1. The number of nitrogens with zero attached hydrogens (tertiary/aromatic N) is 5. The lowest BCUT2D eigenvalue weighted by atomic mass is 10.0. The number of pyridine rings is 2. The highest BCUT2D eigenvalue weighted by Crippen LogP contribution is 2.29. The van der Waals surface area contributed by atoms with Crippen molar-refractivity contribution >= 4 is 39.3 Å². The maximum Gasteiger partial charge on any atom is 0.258 e. The van der Waals surface area contributed by atoms with Gasteiger partial charge in [0.2, 0.25) is 0 Å². The monoisotopic (exact) mass is 744 g/mol. The van der Waals surface area contributed by atoms with Gasteiger partial charge in [-0.15, -0.1) is 0 Å². The van der Waals surface area contributed by atoms with E-state index in [2.05, 4.69) is 101 Å². The van der Waals surface area contributed by atoms with E-state index in [4.69, 9.17) is 10.5 Å². The molecule has 0 atom stereocenters. The van der Waals surface area contributed by atoms with Crippen LogP contribution in [0, 0.1) is 0 Å². The van der Waals surface area contributed by atoms with Gasteiger partial charge in [-0.05, 0) is 47.0 Å². The molecule has 8 aromatic rings. The molecule has 0 saturated carbocycles. The van der Waals surface area contributed by atoms with Crippen LogP contribution in [0.4, 0.5) is 11.4 Å². The number of ether oxygens (including phenoxy) is 1. The Morgan fingerprint density at radius 3 is 2.07 bits per heavy atom. The number of amides is 1. The lowest BCUT2D eigenvalue weighted by molar-refractivity contribution is 0.0342. The number of nitrogen functional groups attached to an aromatic ring is 1. The van der Waals surface area contributed by atoms with Crippen LogP contribution in [0.5, 0.6) is 0 Å². The van der Waals surface area contributed by atoms with Crippen LogP contribution in [0.1, 0.15) is 27.0 Å². The molecule has 0 unspecified atom stereocenters. The quantitative estimate of drug-likeness (QED) is 0.0995. The maximum atomic E-state index is 13.0. The fourth-order valence-electron chi connectivity index (χ4n) is 6.82. The van der Waals surface area contributed by atoms with Gasteiger partial charge in [-0.2, -0.15) is 5.10 Å². The molecule has 3 aromatic carbocycles. The third-order valence-corrected chi connectivity index (χ3v) is 9.89. The molecule has 1 fully saturated rings. The molecule has 1 aliphatic rings. The van der Waals surface area contributed by atoms with Crippen LogP contribution in [0.25, 0.3) is 44.3 Å². The first-order valence-corrected chi connectivity index (χ1v) is 18.7. The summed E-state index contributed by atoms with van der Waals surface area (Å²) in [6.07, 6.45) is 10.6. The standard InChI is InChI=1S/C29H28N6O2.C15H16N4/c36-29(25-16-32-35(20-25)19-21-4-2-1-3-5-21)33-27-17-31-28-26(27)14-24(15-30-28)23-8-6-22(7-9-23)18-34-10-12-37-13-11-34;1-17-7-10-2-4-11(5-3-10)12-6-13-14(16)9-19-15(13)18-8-12/h1-9,14-17,20H,10-13,18-19H2,(H,30,31)(H,33,36);2-6,8-9,17H,7,16H2,1H3,(H,18,19). The molecule has 5 aromatic heterocycles. The number of aromatic amines is 2. The Morgan fingerprint density at radius 2 is 1.38 bits per heavy atom. The number of hydrogen-bond donors (Lipinski definition) is 5. The molecule has 9 rings (SSSR count). The maximum absolute atomic E-state index is 13.0. The minimum Gasteiger partial charge on any atom is -0.397 e. The fraction of sp³-hybridized carbons (Fsp3) is 0.182. The third-order valence-electron chi connectivity index (χ3n) is 9.89. The zero-order valence-electron chi connectivity index (χ0n) is 31.2. The van der Waals surface area contributed by atoms with E-state index in [0.717, 1.165) is 95.0 Å². The Morgan fingerprint density at radius 1 is 0.750 bits per heavy atom. The summed E-state index contributed by atoms with van der Waals surface area (Å²) in [5.41, 5.74) is 17.4. The molecule has 0 bridgehead atoms. The zero-order valence-corrected chi connectivity index (χ0v) is 31.2. The predicted molar refractivity (Wildman–Crippen MR) is 222 cm³/mol. The molecule has 0 aliphatic carbocycles. The number of fused-ring (bicyclic) bond motifs is 2. The van der Waals surface area contributed by atoms with E-state index >= 15 is 0 Å². The minimum absolute atomic E-state index is 0.210. The molecular weight excluding hydrogens is 701 g/mol. The molecule has 12 nitrogen and oxygen atoms in total. The zero-order chi connectivity index (χ0) is 38.3. The Labute approximate surface area is 324 Å². The van der Waals surface area contributed by atoms with Crippen LogP contribution < -0.4 is 16.4 Å². The largest absolute Gasteiger partial charge is 0.397 e. The van der Waals surface area contributed by atoms with Crippen molar-refractivity contribution in [2.24, 2.45) is 0 Å². The van der Waals surface area contributed by atoms with E-state index < -0.39 is 0 Å². The van der Waals surface area contributed by atoms with Gasteiger partial charge >= 0.3 is 0 Å². The summed E-state index contributed by atoms with van der Waals surface area (Å²) in [4.78, 5) is 30.5. The van der Waals surface area contributed by atoms with Crippen molar-refractivity contribution in [2.45, 2.75) is 19.6 Å². The number of carbonyl (C=O) groups excluding carboxylic acids is 1. The first-order valence-electron chi connectivity index (χ1n) is 18.7. The Kier molecular flexibility index (Phi) is 10.9. The van der Waals surface area contributed by atoms with Gasteiger partial charge in [0.25, 0.3) is 5.91 Å². The van der Waals surface area contributed by atoms with Crippen LogP contribution in [-0.2, 0) is 24.4 Å². The molecule has 0 radical (unpaired) electrons. The van der Waals surface area contributed by atoms with Gasteiger partial charge in [-0.1, -0.05) is 78.9 Å². The van der Waals surface area contributed by atoms with Gasteiger partial charge in [-0.3, -0.25) is 14.4 Å². The SMILES string of the molecule is CNCc1ccc(-c2cnc3[nH]cc(N)c3c2)cc1.O=C(Nc1c[nH]c2ncc(-c3ccc(CN4CCOCC4)cc3)cc12)c1cnn(Cc2ccccc2)c1. The smallest absolute Gasteiger partial charge is 0.258 e. The molecule has 0 spiro atoms. The summed E-state index contributed by atoms with van der Waals surface area (Å²) in [5, 5.41) is 12.3. The number of nitrogens with two attached hydrogens (primary N) is 1. The number of aromatic nitrogens is 6. The van der Waals surface area contributed by atoms with Gasteiger partial charge in [0.15, 0.2) is 0 Å². The summed E-state index contributed by atoms with van der Waals surface area (Å²) < 4.78 is 7.21. The molecular formula is C44H44N10O2. The number of nitrogens with one attached hydrogen (secondary N) is 4. The summed E-state index contributed by atoms with van der Waals surface area (Å²) in [6, 6.07) is 31.2. The average molecular weight is 745 g/mol. The lowest BCUT2D eigenvalue weighted by Crippen LogP contribution is -2.35. The average Bonchev–Trinajstić information content (AvgIpc) is 3.98. The molecule has 282 valence electrons. The van der Waals surface area contributed by atoms with E-state index in [0.29, 0.717) is 17.8 Å². The Hall–Kier alpha value is -6.60. The van der Waals surface area contributed by atoms with E-state index in [1.54, 1.807) is 29.5 Å². The van der Waals surface area contributed by atoms with Crippen LogP contribution in [0.15, 0.2) is 128 Å². The summed E-state index contributed by atoms with van der Waals surface area (Å²) in [5.74, 6) is -0.210. The third kappa shape index (κ3) is 8.53. The Bertz CT molecular complexity index is 2530. The second-order valence-corrected chi connectivity index (χ2v) is 13.9. The van der Waals surface area contributed by atoms with Gasteiger partial charge in [0, 0.05) is 79.1 Å². The van der Waals surface area contributed by atoms with E-state index in [1.165, 1.54) is 11.1 Å². The second kappa shape index (κ2) is 16.8. The van der Waals surface area contributed by atoms with Crippen LogP contribution in [0.3, 0.4) is 0 Å². The summed E-state index contributed by atoms with van der Waals surface area (Å²) >= 11 is 0. The Balaban J connectivity index is 0.000000194. The van der Waals surface area contributed by atoms with Crippen molar-refractivity contribution in [1.82, 2.24) is 39.9 Å². The molecule has 1 saturated heterocycles. The molecule has 6 heterocycles. The van der Waals surface area contributed by atoms with Crippen molar-refractivity contribution in [2.75, 3.05) is 44.4 Å². The molecule has 12 heteroatoms. The first-order chi connectivity index (χ1) is 27.5. The molecule has 56 heavy (non-hydrogen) atoms. The van der Waals surface area contributed by atoms with Crippen LogP contribution >= 0.6 is 0 Å². The lowest BCUT2D eigenvalue weighted by Gasteiger charge is -2.26. The van der Waals surface area contributed by atoms with E-state index in [-0.39, 0.29) is 5.91 Å². The topological polar surface area (TPSA) is 155 Å². The van der Waals surface area contributed by atoms with Crippen molar-refractivity contribution in [3.63, 3.8) is 0 Å². The number of benzene rings is 3. The van der Waals surface area contributed by atoms with Crippen molar-refractivity contribution in [3.8, 4) is 22.3 Å². The van der Waals surface area contributed by atoms with Crippen LogP contribution in [-0.4, -0.2) is 73.9 Å². The predicted octanol–water partition coefficient (Wildman–Crippen LogP) is 7.09. The molecule has 1 amide bonds. The van der Waals surface area contributed by atoms with Gasteiger partial charge in [0.1, 0.15) is 11.3 Å². The number of rotatable bonds is 10. The summed E-state index contributed by atoms with van der Waals surface area (Å²) in [7, 11) is 1.94. The number of morpholine rings is 1. The van der Waals surface area contributed by atoms with Gasteiger partial charge in [0.05, 0.1) is 42.9 Å². The number of carbonyl (C=O) groups is 1.